The van der Waals surface area contributed by atoms with Crippen LogP contribution in [0.15, 0.2) is 84.9 Å². The standard InChI is InChI=1S/C27H23N/c1-19-14-16-22(17-15-19)26-18-25(21-8-3-2-4-9-21)24-13-7-11-20-10-5-6-12-23(20)27(24)28-26/h2-6,8-10,12,14-18H,7,11,13H2,1H3. The summed E-state index contributed by atoms with van der Waals surface area (Å²) in [6, 6.07) is 30.5. The molecule has 1 aromatic heterocycles. The van der Waals surface area contributed by atoms with Crippen LogP contribution in [-0.2, 0) is 12.8 Å². The molecule has 1 heterocycles. The van der Waals surface area contributed by atoms with Gasteiger partial charge in [-0.2, -0.15) is 0 Å². The van der Waals surface area contributed by atoms with Gasteiger partial charge in [-0.3, -0.25) is 0 Å². The number of fused-ring (bicyclic) bond motifs is 3. The maximum atomic E-state index is 5.20. The van der Waals surface area contributed by atoms with Crippen molar-refractivity contribution in [1.82, 2.24) is 4.98 Å². The largest absolute Gasteiger partial charge is 0.247 e. The zero-order valence-electron chi connectivity index (χ0n) is 16.2. The third-order valence-electron chi connectivity index (χ3n) is 5.70. The van der Waals surface area contributed by atoms with Crippen LogP contribution in [-0.4, -0.2) is 4.98 Å². The van der Waals surface area contributed by atoms with Crippen molar-refractivity contribution in [1.29, 1.82) is 0 Å². The van der Waals surface area contributed by atoms with Crippen molar-refractivity contribution < 1.29 is 0 Å². The summed E-state index contributed by atoms with van der Waals surface area (Å²) in [5.41, 5.74) is 11.3. The molecule has 0 saturated heterocycles. The molecular formula is C27H23N. The highest BCUT2D eigenvalue weighted by molar-refractivity contribution is 5.82. The number of hydrogen-bond donors (Lipinski definition) is 0. The maximum Gasteiger partial charge on any atom is 0.0750 e. The van der Waals surface area contributed by atoms with Crippen LogP contribution in [0.5, 0.6) is 0 Å². The van der Waals surface area contributed by atoms with Gasteiger partial charge >= 0.3 is 0 Å². The lowest BCUT2D eigenvalue weighted by atomic mass is 9.92. The molecule has 136 valence electrons. The van der Waals surface area contributed by atoms with Gasteiger partial charge in [0, 0.05) is 11.1 Å². The Bertz CT molecular complexity index is 1120. The van der Waals surface area contributed by atoms with Gasteiger partial charge in [-0.1, -0.05) is 84.4 Å². The van der Waals surface area contributed by atoms with Crippen LogP contribution in [0, 0.1) is 6.92 Å². The van der Waals surface area contributed by atoms with E-state index >= 15 is 0 Å². The monoisotopic (exact) mass is 361 g/mol. The van der Waals surface area contributed by atoms with Gasteiger partial charge in [-0.25, -0.2) is 4.98 Å². The van der Waals surface area contributed by atoms with Crippen LogP contribution < -0.4 is 0 Å². The van der Waals surface area contributed by atoms with Gasteiger partial charge in [-0.05, 0) is 54.5 Å². The average Bonchev–Trinajstić information content (AvgIpc) is 2.94. The first-order chi connectivity index (χ1) is 13.8. The molecule has 4 aromatic rings. The minimum Gasteiger partial charge on any atom is -0.247 e. The molecule has 1 aliphatic rings. The molecular weight excluding hydrogens is 338 g/mol. The van der Waals surface area contributed by atoms with Crippen LogP contribution in [0.3, 0.4) is 0 Å². The van der Waals surface area contributed by atoms with E-state index in [-0.39, 0.29) is 0 Å². The van der Waals surface area contributed by atoms with Gasteiger partial charge in [0.05, 0.1) is 11.4 Å². The summed E-state index contributed by atoms with van der Waals surface area (Å²) in [7, 11) is 0. The van der Waals surface area contributed by atoms with Gasteiger partial charge < -0.3 is 0 Å². The first-order valence-corrected chi connectivity index (χ1v) is 10.0. The predicted molar refractivity (Wildman–Crippen MR) is 117 cm³/mol. The smallest absolute Gasteiger partial charge is 0.0750 e. The Kier molecular flexibility index (Phi) is 4.29. The number of aromatic nitrogens is 1. The first kappa shape index (κ1) is 16.9. The van der Waals surface area contributed by atoms with Crippen LogP contribution in [0.25, 0.3) is 33.6 Å². The molecule has 1 heteroatoms. The van der Waals surface area contributed by atoms with E-state index in [9.17, 15) is 0 Å². The van der Waals surface area contributed by atoms with Crippen molar-refractivity contribution in [3.05, 3.63) is 102 Å². The lowest BCUT2D eigenvalue weighted by Crippen LogP contribution is -1.99. The van der Waals surface area contributed by atoms with E-state index in [0.29, 0.717) is 0 Å². The van der Waals surface area contributed by atoms with E-state index in [1.54, 1.807) is 0 Å². The summed E-state index contributed by atoms with van der Waals surface area (Å²) < 4.78 is 0. The van der Waals surface area contributed by atoms with E-state index in [1.165, 1.54) is 38.9 Å². The van der Waals surface area contributed by atoms with E-state index in [0.717, 1.165) is 30.7 Å². The van der Waals surface area contributed by atoms with Crippen LogP contribution in [0.1, 0.15) is 23.1 Å². The summed E-state index contributed by atoms with van der Waals surface area (Å²) in [6.07, 6.45) is 3.34. The minimum atomic E-state index is 1.05. The molecule has 0 amide bonds. The van der Waals surface area contributed by atoms with Gasteiger partial charge in [-0.15, -0.1) is 0 Å². The Morgan fingerprint density at radius 1 is 0.679 bits per heavy atom. The molecule has 0 N–H and O–H groups in total. The van der Waals surface area contributed by atoms with E-state index in [1.807, 2.05) is 0 Å². The fourth-order valence-corrected chi connectivity index (χ4v) is 4.22. The minimum absolute atomic E-state index is 1.05. The van der Waals surface area contributed by atoms with E-state index in [4.69, 9.17) is 4.98 Å². The Balaban J connectivity index is 1.81. The normalized spacial score (nSPS) is 12.8. The van der Waals surface area contributed by atoms with Crippen molar-refractivity contribution in [2.24, 2.45) is 0 Å². The Labute approximate surface area is 166 Å². The second kappa shape index (κ2) is 7.09. The summed E-state index contributed by atoms with van der Waals surface area (Å²) in [4.78, 5) is 5.20. The van der Waals surface area contributed by atoms with Crippen molar-refractivity contribution in [2.75, 3.05) is 0 Å². The molecule has 0 atom stereocenters. The molecule has 0 radical (unpaired) electrons. The van der Waals surface area contributed by atoms with Crippen LogP contribution in [0.2, 0.25) is 0 Å². The number of aryl methyl sites for hydroxylation is 2. The lowest BCUT2D eigenvalue weighted by Gasteiger charge is -2.16. The third kappa shape index (κ3) is 3.03. The topological polar surface area (TPSA) is 12.9 Å². The molecule has 1 nitrogen and oxygen atoms in total. The summed E-state index contributed by atoms with van der Waals surface area (Å²) in [6.45, 7) is 2.12. The van der Waals surface area contributed by atoms with Crippen molar-refractivity contribution >= 4 is 0 Å². The molecule has 0 saturated carbocycles. The summed E-state index contributed by atoms with van der Waals surface area (Å²) in [5.74, 6) is 0. The second-order valence-corrected chi connectivity index (χ2v) is 7.62. The number of nitrogens with zero attached hydrogens (tertiary/aromatic N) is 1. The highest BCUT2D eigenvalue weighted by Gasteiger charge is 2.20. The second-order valence-electron chi connectivity index (χ2n) is 7.62. The fourth-order valence-electron chi connectivity index (χ4n) is 4.22. The molecule has 0 aliphatic heterocycles. The third-order valence-corrected chi connectivity index (χ3v) is 5.70. The first-order valence-electron chi connectivity index (χ1n) is 10.0. The molecule has 1 aliphatic carbocycles. The lowest BCUT2D eigenvalue weighted by molar-refractivity contribution is 0.834. The quantitative estimate of drug-likeness (QED) is 0.379. The summed E-state index contributed by atoms with van der Waals surface area (Å²) in [5, 5.41) is 0. The number of benzene rings is 3. The highest BCUT2D eigenvalue weighted by atomic mass is 14.7. The fraction of sp³-hybridized carbons (Fsp3) is 0.148. The van der Waals surface area contributed by atoms with Gasteiger partial charge in [0.25, 0.3) is 0 Å². The van der Waals surface area contributed by atoms with Gasteiger partial charge in [0.2, 0.25) is 0 Å². The average molecular weight is 361 g/mol. The molecule has 3 aromatic carbocycles. The van der Waals surface area contributed by atoms with Crippen molar-refractivity contribution in [2.45, 2.75) is 26.2 Å². The Hall–Kier alpha value is -3.19. The van der Waals surface area contributed by atoms with E-state index in [2.05, 4.69) is 91.9 Å². The number of rotatable bonds is 2. The molecule has 0 spiro atoms. The zero-order chi connectivity index (χ0) is 18.9. The van der Waals surface area contributed by atoms with Crippen LogP contribution in [0.4, 0.5) is 0 Å². The highest BCUT2D eigenvalue weighted by Crippen LogP contribution is 2.39. The Morgan fingerprint density at radius 2 is 1.43 bits per heavy atom. The van der Waals surface area contributed by atoms with Crippen molar-refractivity contribution in [3.8, 4) is 33.6 Å². The molecule has 28 heavy (non-hydrogen) atoms. The van der Waals surface area contributed by atoms with Gasteiger partial charge in [0.1, 0.15) is 0 Å². The molecule has 0 bridgehead atoms. The van der Waals surface area contributed by atoms with Crippen molar-refractivity contribution in [3.63, 3.8) is 0 Å². The Morgan fingerprint density at radius 3 is 2.25 bits per heavy atom. The molecule has 0 fully saturated rings. The molecule has 5 rings (SSSR count). The zero-order valence-corrected chi connectivity index (χ0v) is 16.2. The van der Waals surface area contributed by atoms with E-state index < -0.39 is 0 Å². The summed E-state index contributed by atoms with van der Waals surface area (Å²) >= 11 is 0. The SMILES string of the molecule is Cc1ccc(-c2cc(-c3ccccc3)c3c(n2)-c2ccccc2CCC3)cc1. The number of hydrogen-bond acceptors (Lipinski definition) is 1. The van der Waals surface area contributed by atoms with Crippen LogP contribution >= 0.6 is 0 Å². The predicted octanol–water partition coefficient (Wildman–Crippen LogP) is 6.88. The maximum absolute atomic E-state index is 5.20. The number of pyridine rings is 1. The molecule has 0 unspecified atom stereocenters. The van der Waals surface area contributed by atoms with Gasteiger partial charge in [0.15, 0.2) is 0 Å².